The molecule has 3 heterocycles. The van der Waals surface area contributed by atoms with Crippen molar-refractivity contribution in [2.45, 2.75) is 26.8 Å². The van der Waals surface area contributed by atoms with E-state index in [1.165, 1.54) is 26.5 Å². The molecule has 1 fully saturated rings. The topological polar surface area (TPSA) is 111 Å². The molecule has 1 aliphatic rings. The summed E-state index contributed by atoms with van der Waals surface area (Å²) < 4.78 is 32.4. The van der Waals surface area contributed by atoms with E-state index in [0.29, 0.717) is 36.5 Å². The second-order valence-electron chi connectivity index (χ2n) is 6.63. The average Bonchev–Trinajstić information content (AvgIpc) is 2.96. The largest absolute Gasteiger partial charge is 0.379 e. The Kier molecular flexibility index (Phi) is 6.48. The first-order chi connectivity index (χ1) is 13.3. The molecule has 0 aliphatic carbocycles. The van der Waals surface area contributed by atoms with Crippen LogP contribution < -0.4 is 10.9 Å². The van der Waals surface area contributed by atoms with Gasteiger partial charge in [0.15, 0.2) is 0 Å². The van der Waals surface area contributed by atoms with Crippen LogP contribution in [0.3, 0.4) is 0 Å². The van der Waals surface area contributed by atoms with Crippen molar-refractivity contribution >= 4 is 37.5 Å². The molecule has 1 N–H and O–H groups in total. The van der Waals surface area contributed by atoms with Crippen LogP contribution in [-0.2, 0) is 26.1 Å². The first-order valence-corrected chi connectivity index (χ1v) is 11.5. The third kappa shape index (κ3) is 4.59. The molecule has 1 amide bonds. The lowest BCUT2D eigenvalue weighted by atomic mass is 10.2. The van der Waals surface area contributed by atoms with Gasteiger partial charge in [0.1, 0.15) is 4.83 Å². The number of carbonyl (C=O) groups is 1. The van der Waals surface area contributed by atoms with Crippen molar-refractivity contribution in [1.82, 2.24) is 19.2 Å². The van der Waals surface area contributed by atoms with Crippen LogP contribution >= 0.6 is 11.3 Å². The van der Waals surface area contributed by atoms with E-state index in [-0.39, 0.29) is 36.7 Å². The number of ether oxygens (including phenoxy) is 1. The Bertz CT molecular complexity index is 1020. The van der Waals surface area contributed by atoms with Gasteiger partial charge in [-0.1, -0.05) is 0 Å². The van der Waals surface area contributed by atoms with Crippen LogP contribution in [0.2, 0.25) is 0 Å². The van der Waals surface area contributed by atoms with Gasteiger partial charge >= 0.3 is 0 Å². The quantitative estimate of drug-likeness (QED) is 0.677. The van der Waals surface area contributed by atoms with Gasteiger partial charge in [-0.3, -0.25) is 14.2 Å². The van der Waals surface area contributed by atoms with Gasteiger partial charge in [0.25, 0.3) is 5.56 Å². The zero-order valence-electron chi connectivity index (χ0n) is 15.9. The predicted octanol–water partition coefficient (Wildman–Crippen LogP) is 0.243. The Balaban J connectivity index is 1.52. The van der Waals surface area contributed by atoms with E-state index in [9.17, 15) is 18.0 Å². The Morgan fingerprint density at radius 2 is 2.04 bits per heavy atom. The maximum atomic E-state index is 12.6. The SMILES string of the molecule is Cc1sc2ncn(CCC(=O)NCCS(=O)(=O)N3CCOCC3)c(=O)c2c1C. The number of thiophene rings is 1. The van der Waals surface area contributed by atoms with Crippen molar-refractivity contribution in [2.75, 3.05) is 38.6 Å². The van der Waals surface area contributed by atoms with Crippen LogP contribution in [0.5, 0.6) is 0 Å². The molecule has 11 heteroatoms. The number of fused-ring (bicyclic) bond motifs is 1. The number of amides is 1. The average molecular weight is 429 g/mol. The van der Waals surface area contributed by atoms with Gasteiger partial charge in [0, 0.05) is 37.5 Å². The monoisotopic (exact) mass is 428 g/mol. The van der Waals surface area contributed by atoms with E-state index in [1.54, 1.807) is 0 Å². The highest BCUT2D eigenvalue weighted by Crippen LogP contribution is 2.25. The molecule has 3 rings (SSSR count). The molecule has 0 atom stereocenters. The summed E-state index contributed by atoms with van der Waals surface area (Å²) >= 11 is 1.48. The van der Waals surface area contributed by atoms with E-state index in [2.05, 4.69) is 10.3 Å². The molecule has 0 bridgehead atoms. The minimum absolute atomic E-state index is 0.0353. The number of aryl methyl sites for hydroxylation is 3. The van der Waals surface area contributed by atoms with E-state index in [1.807, 2.05) is 13.8 Å². The van der Waals surface area contributed by atoms with Crippen molar-refractivity contribution in [2.24, 2.45) is 0 Å². The van der Waals surface area contributed by atoms with Gasteiger partial charge in [-0.2, -0.15) is 4.31 Å². The lowest BCUT2D eigenvalue weighted by molar-refractivity contribution is -0.121. The van der Waals surface area contributed by atoms with Crippen molar-refractivity contribution < 1.29 is 17.9 Å². The number of hydrogen-bond acceptors (Lipinski definition) is 7. The smallest absolute Gasteiger partial charge is 0.262 e. The number of aromatic nitrogens is 2. The summed E-state index contributed by atoms with van der Waals surface area (Å²) in [6.45, 7) is 5.54. The zero-order valence-corrected chi connectivity index (χ0v) is 17.6. The summed E-state index contributed by atoms with van der Waals surface area (Å²) in [6.07, 6.45) is 1.53. The lowest BCUT2D eigenvalue weighted by Crippen LogP contribution is -2.43. The fourth-order valence-corrected chi connectivity index (χ4v) is 5.32. The summed E-state index contributed by atoms with van der Waals surface area (Å²) in [5.41, 5.74) is 0.763. The lowest BCUT2D eigenvalue weighted by Gasteiger charge is -2.26. The van der Waals surface area contributed by atoms with Crippen LogP contribution in [0.15, 0.2) is 11.1 Å². The zero-order chi connectivity index (χ0) is 20.3. The second-order valence-corrected chi connectivity index (χ2v) is 9.93. The summed E-state index contributed by atoms with van der Waals surface area (Å²) in [5, 5.41) is 3.21. The normalized spacial score (nSPS) is 15.8. The summed E-state index contributed by atoms with van der Waals surface area (Å²) in [7, 11) is -3.41. The fraction of sp³-hybridized carbons (Fsp3) is 0.588. The number of nitrogens with one attached hydrogen (secondary N) is 1. The molecule has 0 unspecified atom stereocenters. The minimum atomic E-state index is -3.41. The van der Waals surface area contributed by atoms with Gasteiger partial charge in [0.2, 0.25) is 15.9 Å². The first kappa shape index (κ1) is 20.9. The number of sulfonamides is 1. The second kappa shape index (κ2) is 8.68. The highest BCUT2D eigenvalue weighted by atomic mass is 32.2. The van der Waals surface area contributed by atoms with Crippen molar-refractivity contribution in [3.63, 3.8) is 0 Å². The van der Waals surface area contributed by atoms with Gasteiger partial charge in [-0.15, -0.1) is 11.3 Å². The summed E-state index contributed by atoms with van der Waals surface area (Å²) in [5.74, 6) is -0.457. The number of morpholine rings is 1. The van der Waals surface area contributed by atoms with Crippen LogP contribution in [-0.4, -0.2) is 66.8 Å². The van der Waals surface area contributed by atoms with Gasteiger partial charge in [-0.25, -0.2) is 13.4 Å². The minimum Gasteiger partial charge on any atom is -0.379 e. The van der Waals surface area contributed by atoms with Crippen molar-refractivity contribution in [1.29, 1.82) is 0 Å². The molecular formula is C17H24N4O5S2. The van der Waals surface area contributed by atoms with Crippen LogP contribution in [0.25, 0.3) is 10.2 Å². The third-order valence-electron chi connectivity index (χ3n) is 4.78. The highest BCUT2D eigenvalue weighted by Gasteiger charge is 2.24. The van der Waals surface area contributed by atoms with Crippen LogP contribution in [0.4, 0.5) is 0 Å². The molecule has 0 saturated carbocycles. The molecular weight excluding hydrogens is 404 g/mol. The van der Waals surface area contributed by atoms with E-state index >= 15 is 0 Å². The van der Waals surface area contributed by atoms with Crippen LogP contribution in [0.1, 0.15) is 16.9 Å². The van der Waals surface area contributed by atoms with E-state index < -0.39 is 10.0 Å². The fourth-order valence-electron chi connectivity index (χ4n) is 3.01. The summed E-state index contributed by atoms with van der Waals surface area (Å²) in [4.78, 5) is 30.7. The molecule has 2 aromatic rings. The maximum Gasteiger partial charge on any atom is 0.262 e. The maximum absolute atomic E-state index is 12.6. The van der Waals surface area contributed by atoms with Crippen molar-refractivity contribution in [3.05, 3.63) is 27.1 Å². The molecule has 154 valence electrons. The predicted molar refractivity (Wildman–Crippen MR) is 107 cm³/mol. The van der Waals surface area contributed by atoms with Gasteiger partial charge in [0.05, 0.1) is 30.7 Å². The number of rotatable bonds is 7. The Morgan fingerprint density at radius 3 is 2.75 bits per heavy atom. The van der Waals surface area contributed by atoms with Crippen molar-refractivity contribution in [3.8, 4) is 0 Å². The molecule has 0 radical (unpaired) electrons. The highest BCUT2D eigenvalue weighted by molar-refractivity contribution is 7.89. The van der Waals surface area contributed by atoms with Gasteiger partial charge < -0.3 is 10.1 Å². The van der Waals surface area contributed by atoms with Crippen LogP contribution in [0, 0.1) is 13.8 Å². The Morgan fingerprint density at radius 1 is 1.32 bits per heavy atom. The molecule has 0 aromatic carbocycles. The van der Waals surface area contributed by atoms with E-state index in [0.717, 1.165) is 10.4 Å². The molecule has 9 nitrogen and oxygen atoms in total. The number of nitrogens with zero attached hydrogens (tertiary/aromatic N) is 3. The molecule has 1 saturated heterocycles. The molecule has 0 spiro atoms. The third-order valence-corrected chi connectivity index (χ3v) is 7.77. The molecule has 1 aliphatic heterocycles. The summed E-state index contributed by atoms with van der Waals surface area (Å²) in [6, 6.07) is 0. The molecule has 2 aromatic heterocycles. The Labute approximate surface area is 167 Å². The van der Waals surface area contributed by atoms with Gasteiger partial charge in [-0.05, 0) is 19.4 Å². The standard InChI is InChI=1S/C17H24N4O5S2/c1-12-13(2)27-16-15(12)17(23)20(11-19-16)5-3-14(22)18-4-10-28(24,25)21-6-8-26-9-7-21/h11H,3-10H2,1-2H3,(H,18,22). The first-order valence-electron chi connectivity index (χ1n) is 9.07. The number of carbonyl (C=O) groups excluding carboxylic acids is 1. The molecule has 28 heavy (non-hydrogen) atoms. The number of hydrogen-bond donors (Lipinski definition) is 1. The van der Waals surface area contributed by atoms with E-state index in [4.69, 9.17) is 4.74 Å². The Hall–Kier alpha value is -1.82.